The van der Waals surface area contributed by atoms with E-state index in [9.17, 15) is 22.8 Å². The lowest BCUT2D eigenvalue weighted by atomic mass is 10.2. The zero-order chi connectivity index (χ0) is 12.3. The molecule has 0 unspecified atom stereocenters. The minimum atomic E-state index is -4.42. The third-order valence-corrected chi connectivity index (χ3v) is 2.42. The van der Waals surface area contributed by atoms with Gasteiger partial charge in [0.25, 0.3) is 0 Å². The van der Waals surface area contributed by atoms with E-state index in [0.717, 1.165) is 0 Å². The first-order chi connectivity index (χ1) is 7.31. The molecule has 0 aromatic heterocycles. The Morgan fingerprint density at radius 1 is 1.44 bits per heavy atom. The molecule has 16 heavy (non-hydrogen) atoms. The lowest BCUT2D eigenvalue weighted by molar-refractivity contribution is -0.144. The van der Waals surface area contributed by atoms with Crippen LogP contribution in [0.15, 0.2) is 0 Å². The summed E-state index contributed by atoms with van der Waals surface area (Å²) in [6, 6.07) is -0.750. The van der Waals surface area contributed by atoms with Gasteiger partial charge in [-0.3, -0.25) is 9.59 Å². The van der Waals surface area contributed by atoms with Crippen molar-refractivity contribution < 1.29 is 22.8 Å². The van der Waals surface area contributed by atoms with E-state index in [1.807, 2.05) is 0 Å². The molecule has 0 aromatic rings. The van der Waals surface area contributed by atoms with Gasteiger partial charge in [-0.1, -0.05) is 0 Å². The molecule has 92 valence electrons. The van der Waals surface area contributed by atoms with Crippen molar-refractivity contribution in [1.82, 2.24) is 10.2 Å². The second-order valence-corrected chi connectivity index (χ2v) is 3.70. The number of carbonyl (C=O) groups excluding carboxylic acids is 2. The van der Waals surface area contributed by atoms with Gasteiger partial charge in [-0.2, -0.15) is 13.2 Å². The standard InChI is InChI=1S/C9H13F3N2O2/c1-6(15)14-4-2-3-7(14)8(16)13-5-9(10,11)12/h7H,2-5H2,1H3,(H,13,16)/t7-/m1/s1. The number of likely N-dealkylation sites (tertiary alicyclic amines) is 1. The fourth-order valence-corrected chi connectivity index (χ4v) is 1.72. The molecule has 1 saturated heterocycles. The van der Waals surface area contributed by atoms with Crippen LogP contribution in [0.2, 0.25) is 0 Å². The molecule has 1 heterocycles. The highest BCUT2D eigenvalue weighted by Crippen LogP contribution is 2.18. The van der Waals surface area contributed by atoms with Crippen LogP contribution in [0.25, 0.3) is 0 Å². The third-order valence-electron chi connectivity index (χ3n) is 2.42. The lowest BCUT2D eigenvalue weighted by Crippen LogP contribution is -2.47. The van der Waals surface area contributed by atoms with Crippen molar-refractivity contribution in [3.63, 3.8) is 0 Å². The van der Waals surface area contributed by atoms with Gasteiger partial charge in [-0.25, -0.2) is 0 Å². The molecular formula is C9H13F3N2O2. The maximum absolute atomic E-state index is 11.9. The molecule has 7 heteroatoms. The molecule has 0 aromatic carbocycles. The van der Waals surface area contributed by atoms with E-state index < -0.39 is 24.7 Å². The van der Waals surface area contributed by atoms with Crippen LogP contribution in [0.4, 0.5) is 13.2 Å². The van der Waals surface area contributed by atoms with Crippen LogP contribution in [0, 0.1) is 0 Å². The van der Waals surface area contributed by atoms with Crippen LogP contribution in [0.5, 0.6) is 0 Å². The number of amides is 2. The molecule has 1 atom stereocenters. The highest BCUT2D eigenvalue weighted by molar-refractivity contribution is 5.87. The Hall–Kier alpha value is -1.27. The van der Waals surface area contributed by atoms with E-state index in [4.69, 9.17) is 0 Å². The van der Waals surface area contributed by atoms with E-state index in [1.54, 1.807) is 5.32 Å². The molecule has 1 aliphatic rings. The number of carbonyl (C=O) groups is 2. The highest BCUT2D eigenvalue weighted by Gasteiger charge is 2.34. The Morgan fingerprint density at radius 2 is 2.06 bits per heavy atom. The van der Waals surface area contributed by atoms with E-state index in [2.05, 4.69) is 0 Å². The van der Waals surface area contributed by atoms with Crippen molar-refractivity contribution in [1.29, 1.82) is 0 Å². The molecule has 0 radical (unpaired) electrons. The van der Waals surface area contributed by atoms with Gasteiger partial charge >= 0.3 is 6.18 Å². The maximum atomic E-state index is 11.9. The third kappa shape index (κ3) is 3.39. The Bertz CT molecular complexity index is 291. The number of halogens is 3. The van der Waals surface area contributed by atoms with Crippen molar-refractivity contribution in [3.8, 4) is 0 Å². The number of nitrogens with zero attached hydrogens (tertiary/aromatic N) is 1. The first-order valence-electron chi connectivity index (χ1n) is 4.93. The summed E-state index contributed by atoms with van der Waals surface area (Å²) < 4.78 is 35.6. The van der Waals surface area contributed by atoms with Gasteiger partial charge in [0.1, 0.15) is 12.6 Å². The fourth-order valence-electron chi connectivity index (χ4n) is 1.72. The molecule has 1 fully saturated rings. The van der Waals surface area contributed by atoms with Gasteiger partial charge in [0.2, 0.25) is 11.8 Å². The van der Waals surface area contributed by atoms with Gasteiger partial charge in [0.15, 0.2) is 0 Å². The van der Waals surface area contributed by atoms with E-state index in [-0.39, 0.29) is 5.91 Å². The summed E-state index contributed by atoms with van der Waals surface area (Å²) in [6.45, 7) is 0.378. The topological polar surface area (TPSA) is 49.4 Å². The molecule has 0 spiro atoms. The second-order valence-electron chi connectivity index (χ2n) is 3.70. The molecule has 4 nitrogen and oxygen atoms in total. The second kappa shape index (κ2) is 4.71. The monoisotopic (exact) mass is 238 g/mol. The van der Waals surface area contributed by atoms with Crippen molar-refractivity contribution in [2.24, 2.45) is 0 Å². The summed E-state index contributed by atoms with van der Waals surface area (Å²) >= 11 is 0. The van der Waals surface area contributed by atoms with Gasteiger partial charge in [0, 0.05) is 13.5 Å². The van der Waals surface area contributed by atoms with Crippen LogP contribution in [0.3, 0.4) is 0 Å². The first kappa shape index (κ1) is 12.8. The van der Waals surface area contributed by atoms with E-state index in [1.165, 1.54) is 11.8 Å². The van der Waals surface area contributed by atoms with Crippen molar-refractivity contribution >= 4 is 11.8 Å². The predicted octanol–water partition coefficient (Wildman–Crippen LogP) is 0.676. The fraction of sp³-hybridized carbons (Fsp3) is 0.778. The number of nitrogens with one attached hydrogen (secondary N) is 1. The van der Waals surface area contributed by atoms with Gasteiger partial charge < -0.3 is 10.2 Å². The molecule has 1 aliphatic heterocycles. The number of hydrogen-bond donors (Lipinski definition) is 1. The van der Waals surface area contributed by atoms with Crippen molar-refractivity contribution in [3.05, 3.63) is 0 Å². The summed E-state index contributed by atoms with van der Waals surface area (Å²) in [7, 11) is 0. The predicted molar refractivity (Wildman–Crippen MR) is 49.5 cm³/mol. The van der Waals surface area contributed by atoms with Crippen molar-refractivity contribution in [2.45, 2.75) is 32.0 Å². The summed E-state index contributed by atoms with van der Waals surface area (Å²) in [4.78, 5) is 23.8. The minimum absolute atomic E-state index is 0.287. The molecule has 0 bridgehead atoms. The maximum Gasteiger partial charge on any atom is 0.405 e. The highest BCUT2D eigenvalue weighted by atomic mass is 19.4. The van der Waals surface area contributed by atoms with Crippen LogP contribution < -0.4 is 5.32 Å². The van der Waals surface area contributed by atoms with Crippen LogP contribution >= 0.6 is 0 Å². The largest absolute Gasteiger partial charge is 0.405 e. The van der Waals surface area contributed by atoms with Crippen molar-refractivity contribution in [2.75, 3.05) is 13.1 Å². The molecule has 1 N–H and O–H groups in total. The van der Waals surface area contributed by atoms with Crippen LogP contribution in [-0.2, 0) is 9.59 Å². The Balaban J connectivity index is 2.50. The van der Waals surface area contributed by atoms with Gasteiger partial charge in [0.05, 0.1) is 0 Å². The van der Waals surface area contributed by atoms with Crippen LogP contribution in [-0.4, -0.2) is 42.0 Å². The summed E-state index contributed by atoms with van der Waals surface area (Å²) in [6.07, 6.45) is -3.36. The minimum Gasteiger partial charge on any atom is -0.345 e. The number of alkyl halides is 3. The molecular weight excluding hydrogens is 225 g/mol. The lowest BCUT2D eigenvalue weighted by Gasteiger charge is -2.22. The SMILES string of the molecule is CC(=O)N1CCC[C@@H]1C(=O)NCC(F)(F)F. The number of hydrogen-bond acceptors (Lipinski definition) is 2. The van der Waals surface area contributed by atoms with Gasteiger partial charge in [-0.05, 0) is 12.8 Å². The quantitative estimate of drug-likeness (QED) is 0.769. The Morgan fingerprint density at radius 3 is 2.56 bits per heavy atom. The first-order valence-corrected chi connectivity index (χ1v) is 4.93. The van der Waals surface area contributed by atoms with E-state index in [0.29, 0.717) is 19.4 Å². The van der Waals surface area contributed by atoms with Gasteiger partial charge in [-0.15, -0.1) is 0 Å². The van der Waals surface area contributed by atoms with Crippen LogP contribution in [0.1, 0.15) is 19.8 Å². The zero-order valence-electron chi connectivity index (χ0n) is 8.80. The summed E-state index contributed by atoms with van der Waals surface area (Å²) in [5, 5.41) is 1.79. The number of rotatable bonds is 2. The molecule has 0 saturated carbocycles. The summed E-state index contributed by atoms with van der Waals surface area (Å²) in [5.74, 6) is -1.02. The average molecular weight is 238 g/mol. The normalized spacial score (nSPS) is 21.0. The summed E-state index contributed by atoms with van der Waals surface area (Å²) in [5.41, 5.74) is 0. The molecule has 0 aliphatic carbocycles. The molecule has 2 amide bonds. The zero-order valence-corrected chi connectivity index (χ0v) is 8.80. The Kier molecular flexibility index (Phi) is 3.77. The molecule has 1 rings (SSSR count). The van der Waals surface area contributed by atoms with E-state index >= 15 is 0 Å². The smallest absolute Gasteiger partial charge is 0.345 e. The average Bonchev–Trinajstić information content (AvgIpc) is 2.61. The Labute approximate surface area is 90.8 Å².